The number of rotatable bonds is 6. The molecule has 3 aromatic carbocycles. The lowest BCUT2D eigenvalue weighted by Gasteiger charge is -2.19. The summed E-state index contributed by atoms with van der Waals surface area (Å²) in [5.41, 5.74) is 3.57. The number of amides is 1. The standard InChI is InChI=1S/C30H26Cl2N4O4S/c1-30(2,3)19-9-12-22(13-10-19)41(38,39)36-20-11-14-24-23(15-20)27(18-7-5-4-6-8-18)28(34-24)40-29(37)33-21-16-25(31)35-26(32)17-21/h4-17,34,36H,1-3H3,(H,33,35,37). The number of aromatic amines is 1. The Kier molecular flexibility index (Phi) is 7.70. The average molecular weight is 610 g/mol. The van der Waals surface area contributed by atoms with Crippen LogP contribution >= 0.6 is 23.2 Å². The zero-order valence-corrected chi connectivity index (χ0v) is 24.7. The van der Waals surface area contributed by atoms with Crippen LogP contribution in [0.5, 0.6) is 5.88 Å². The molecular weight excluding hydrogens is 583 g/mol. The van der Waals surface area contributed by atoms with Crippen molar-refractivity contribution in [3.63, 3.8) is 0 Å². The topological polar surface area (TPSA) is 113 Å². The van der Waals surface area contributed by atoms with Gasteiger partial charge in [-0.15, -0.1) is 0 Å². The van der Waals surface area contributed by atoms with Crippen molar-refractivity contribution >= 4 is 61.6 Å². The second-order valence-corrected chi connectivity index (χ2v) is 12.8. The van der Waals surface area contributed by atoms with Gasteiger partial charge in [-0.3, -0.25) is 10.0 Å². The number of aromatic nitrogens is 2. The fraction of sp³-hybridized carbons (Fsp3) is 0.133. The molecule has 0 aliphatic heterocycles. The zero-order chi connectivity index (χ0) is 29.4. The molecule has 0 bridgehead atoms. The third-order valence-corrected chi connectivity index (χ3v) is 8.10. The van der Waals surface area contributed by atoms with E-state index in [0.717, 1.165) is 11.1 Å². The SMILES string of the molecule is CC(C)(C)c1ccc(S(=O)(=O)Nc2ccc3[nH]c(OC(=O)Nc4cc(Cl)nc(Cl)c4)c(-c4ccccc4)c3c2)cc1. The number of hydrogen-bond acceptors (Lipinski definition) is 5. The van der Waals surface area contributed by atoms with Gasteiger partial charge in [-0.05, 0) is 59.0 Å². The first-order chi connectivity index (χ1) is 19.4. The predicted octanol–water partition coefficient (Wildman–Crippen LogP) is 8.25. The van der Waals surface area contributed by atoms with Crippen LogP contribution in [0, 0.1) is 0 Å². The third-order valence-electron chi connectivity index (χ3n) is 6.31. The van der Waals surface area contributed by atoms with Gasteiger partial charge in [0.05, 0.1) is 16.1 Å². The number of hydrogen-bond donors (Lipinski definition) is 3. The minimum atomic E-state index is -3.86. The van der Waals surface area contributed by atoms with Crippen molar-refractivity contribution in [2.45, 2.75) is 31.1 Å². The molecule has 41 heavy (non-hydrogen) atoms. The molecule has 2 aromatic heterocycles. The van der Waals surface area contributed by atoms with Gasteiger partial charge in [-0.2, -0.15) is 0 Å². The summed E-state index contributed by atoms with van der Waals surface area (Å²) in [4.78, 5) is 19.9. The monoisotopic (exact) mass is 608 g/mol. The van der Waals surface area contributed by atoms with Gasteiger partial charge < -0.3 is 9.72 Å². The summed E-state index contributed by atoms with van der Waals surface area (Å²) in [6.07, 6.45) is -0.785. The summed E-state index contributed by atoms with van der Waals surface area (Å²) in [5.74, 6) is 0.174. The maximum absolute atomic E-state index is 13.2. The first-order valence-electron chi connectivity index (χ1n) is 12.6. The molecule has 0 radical (unpaired) electrons. The Morgan fingerprint density at radius 2 is 1.54 bits per heavy atom. The Hall–Kier alpha value is -4.05. The molecule has 0 atom stereocenters. The smallest absolute Gasteiger partial charge is 0.392 e. The molecule has 0 aliphatic carbocycles. The van der Waals surface area contributed by atoms with Crippen molar-refractivity contribution in [2.75, 3.05) is 10.0 Å². The molecule has 0 spiro atoms. The van der Waals surface area contributed by atoms with Gasteiger partial charge in [0.2, 0.25) is 5.88 Å². The highest BCUT2D eigenvalue weighted by atomic mass is 35.5. The van der Waals surface area contributed by atoms with E-state index in [0.29, 0.717) is 27.8 Å². The second kappa shape index (κ2) is 11.1. The van der Waals surface area contributed by atoms with E-state index < -0.39 is 16.1 Å². The van der Waals surface area contributed by atoms with Gasteiger partial charge in [-0.1, -0.05) is 86.4 Å². The van der Waals surface area contributed by atoms with E-state index >= 15 is 0 Å². The fourth-order valence-corrected chi connectivity index (χ4v) is 5.83. The van der Waals surface area contributed by atoms with E-state index in [9.17, 15) is 13.2 Å². The normalized spacial score (nSPS) is 11.8. The van der Waals surface area contributed by atoms with Crippen molar-refractivity contribution in [3.05, 3.63) is 101 Å². The van der Waals surface area contributed by atoms with E-state index in [4.69, 9.17) is 27.9 Å². The third kappa shape index (κ3) is 6.48. The molecular formula is C30H26Cl2N4O4S. The second-order valence-electron chi connectivity index (χ2n) is 10.4. The van der Waals surface area contributed by atoms with Gasteiger partial charge in [0, 0.05) is 16.6 Å². The van der Waals surface area contributed by atoms with Crippen molar-refractivity contribution < 1.29 is 17.9 Å². The van der Waals surface area contributed by atoms with Crippen LogP contribution in [-0.2, 0) is 15.4 Å². The van der Waals surface area contributed by atoms with E-state index in [1.807, 2.05) is 42.5 Å². The molecule has 210 valence electrons. The molecule has 0 unspecified atom stereocenters. The van der Waals surface area contributed by atoms with Crippen LogP contribution in [0.4, 0.5) is 16.2 Å². The van der Waals surface area contributed by atoms with Crippen LogP contribution in [-0.4, -0.2) is 24.5 Å². The number of sulfonamides is 1. The molecule has 3 N–H and O–H groups in total. The zero-order valence-electron chi connectivity index (χ0n) is 22.3. The highest BCUT2D eigenvalue weighted by Gasteiger charge is 2.21. The highest BCUT2D eigenvalue weighted by molar-refractivity contribution is 7.92. The Labute approximate surface area is 247 Å². The first kappa shape index (κ1) is 28.5. The Balaban J connectivity index is 1.48. The predicted molar refractivity (Wildman–Crippen MR) is 164 cm³/mol. The number of anilines is 2. The van der Waals surface area contributed by atoms with Crippen molar-refractivity contribution in [1.82, 2.24) is 9.97 Å². The van der Waals surface area contributed by atoms with Crippen LogP contribution < -0.4 is 14.8 Å². The van der Waals surface area contributed by atoms with Gasteiger partial charge in [0.1, 0.15) is 10.3 Å². The number of carbonyl (C=O) groups is 1. The molecule has 0 aliphatic rings. The molecule has 5 aromatic rings. The summed E-state index contributed by atoms with van der Waals surface area (Å²) in [7, 11) is -3.86. The summed E-state index contributed by atoms with van der Waals surface area (Å²) in [6, 6.07) is 24.1. The number of nitrogens with one attached hydrogen (secondary N) is 3. The number of carbonyl (C=O) groups excluding carboxylic acids is 1. The number of fused-ring (bicyclic) bond motifs is 1. The number of halogens is 2. The van der Waals surface area contributed by atoms with Crippen molar-refractivity contribution in [2.24, 2.45) is 0 Å². The Morgan fingerprint density at radius 1 is 0.878 bits per heavy atom. The molecule has 0 saturated heterocycles. The van der Waals surface area contributed by atoms with Gasteiger partial charge >= 0.3 is 6.09 Å². The first-order valence-corrected chi connectivity index (χ1v) is 14.8. The minimum Gasteiger partial charge on any atom is -0.392 e. The Bertz CT molecular complexity index is 1830. The quantitative estimate of drug-likeness (QED) is 0.168. The molecule has 8 nitrogen and oxygen atoms in total. The Morgan fingerprint density at radius 3 is 2.17 bits per heavy atom. The van der Waals surface area contributed by atoms with Crippen molar-refractivity contribution in [1.29, 1.82) is 0 Å². The largest absolute Gasteiger partial charge is 0.418 e. The van der Waals surface area contributed by atoms with E-state index in [1.165, 1.54) is 12.1 Å². The van der Waals surface area contributed by atoms with Crippen LogP contribution in [0.2, 0.25) is 10.3 Å². The van der Waals surface area contributed by atoms with Gasteiger partial charge in [-0.25, -0.2) is 18.2 Å². The summed E-state index contributed by atoms with van der Waals surface area (Å²) >= 11 is 11.9. The number of pyridine rings is 1. The van der Waals surface area contributed by atoms with Gasteiger partial charge in [0.15, 0.2) is 0 Å². The van der Waals surface area contributed by atoms with Crippen LogP contribution in [0.3, 0.4) is 0 Å². The molecule has 11 heteroatoms. The average Bonchev–Trinajstić information content (AvgIpc) is 3.24. The summed E-state index contributed by atoms with van der Waals surface area (Å²) in [6.45, 7) is 6.20. The maximum Gasteiger partial charge on any atom is 0.418 e. The van der Waals surface area contributed by atoms with E-state index in [2.05, 4.69) is 40.8 Å². The lowest BCUT2D eigenvalue weighted by Crippen LogP contribution is -2.17. The van der Waals surface area contributed by atoms with Crippen molar-refractivity contribution in [3.8, 4) is 17.0 Å². The van der Waals surface area contributed by atoms with E-state index in [-0.39, 0.29) is 26.5 Å². The highest BCUT2D eigenvalue weighted by Crippen LogP contribution is 2.39. The van der Waals surface area contributed by atoms with Crippen LogP contribution in [0.15, 0.2) is 89.8 Å². The molecule has 0 fully saturated rings. The number of nitrogens with zero attached hydrogens (tertiary/aromatic N) is 1. The molecule has 0 saturated carbocycles. The fourth-order valence-electron chi connectivity index (χ4n) is 4.32. The van der Waals surface area contributed by atoms with E-state index in [1.54, 1.807) is 30.3 Å². The summed E-state index contributed by atoms with van der Waals surface area (Å²) < 4.78 is 34.7. The molecule has 1 amide bonds. The van der Waals surface area contributed by atoms with Crippen LogP contribution in [0.1, 0.15) is 26.3 Å². The minimum absolute atomic E-state index is 0.0992. The van der Waals surface area contributed by atoms with Gasteiger partial charge in [0.25, 0.3) is 10.0 Å². The molecule has 2 heterocycles. The lowest BCUT2D eigenvalue weighted by atomic mass is 9.87. The number of ether oxygens (including phenoxy) is 1. The number of benzene rings is 3. The van der Waals surface area contributed by atoms with Crippen LogP contribution in [0.25, 0.3) is 22.0 Å². The number of H-pyrrole nitrogens is 1. The summed E-state index contributed by atoms with van der Waals surface area (Å²) in [5, 5.41) is 3.47. The maximum atomic E-state index is 13.2. The lowest BCUT2D eigenvalue weighted by molar-refractivity contribution is 0.214. The molecule has 5 rings (SSSR count).